The molecular formula is C35H72O7. The van der Waals surface area contributed by atoms with Crippen LogP contribution in [-0.4, -0.2) is 66.1 Å². The fourth-order valence-electron chi connectivity index (χ4n) is 5.46. The number of hydrogen-bond donors (Lipinski definition) is 0. The van der Waals surface area contributed by atoms with Gasteiger partial charge in [0.15, 0.2) is 5.79 Å². The summed E-state index contributed by atoms with van der Waals surface area (Å²) in [6.07, 6.45) is 23.2. The lowest BCUT2D eigenvalue weighted by molar-refractivity contribution is -0.392. The van der Waals surface area contributed by atoms with Crippen molar-refractivity contribution in [3.63, 3.8) is 0 Å². The highest BCUT2D eigenvalue weighted by Gasteiger charge is 2.40. The molecule has 0 amide bonds. The zero-order valence-corrected chi connectivity index (χ0v) is 29.6. The Bertz CT molecular complexity index is 551. The maximum Gasteiger partial charge on any atom is 0.310 e. The molecule has 0 aliphatic carbocycles. The van der Waals surface area contributed by atoms with Crippen molar-refractivity contribution in [3.8, 4) is 0 Å². The first kappa shape index (κ1) is 43.4. The van der Waals surface area contributed by atoms with Gasteiger partial charge < -0.3 is 33.2 Å². The summed E-state index contributed by atoms with van der Waals surface area (Å²) in [5.74, 6) is -1.12. The molecule has 0 bridgehead atoms. The average molecular weight is 605 g/mol. The molecule has 0 fully saturated rings. The van der Waals surface area contributed by atoms with Crippen LogP contribution >= 0.6 is 0 Å². The number of rotatable bonds is 29. The van der Waals surface area contributed by atoms with Gasteiger partial charge in [-0.1, -0.05) is 97.0 Å². The standard InChI is InChI=1S/C21H42O3.C14H30O4/c1-6-10-11-12-13-14-16-20(17-15-19-22-18-7-2)21(5,23-8-3)24-9-4;1-6-7-8-9-10-11-12-13(15-2)14(16-3,17-4)18-5/h7,18,20H,6,8-17,19H2,1-5H3;13H,6-12H2,1-5H3. The predicted molar refractivity (Wildman–Crippen MR) is 176 cm³/mol. The molecule has 0 aromatic rings. The Morgan fingerprint density at radius 2 is 1.05 bits per heavy atom. The van der Waals surface area contributed by atoms with Crippen LogP contribution in [0.15, 0.2) is 12.3 Å². The van der Waals surface area contributed by atoms with Crippen LogP contribution in [0.4, 0.5) is 0 Å². The van der Waals surface area contributed by atoms with Crippen LogP contribution < -0.4 is 0 Å². The van der Waals surface area contributed by atoms with Crippen molar-refractivity contribution in [1.29, 1.82) is 0 Å². The first-order chi connectivity index (χ1) is 20.3. The molecule has 0 heterocycles. The average Bonchev–Trinajstić information content (AvgIpc) is 2.99. The third-order valence-electron chi connectivity index (χ3n) is 7.91. The lowest BCUT2D eigenvalue weighted by Gasteiger charge is -2.37. The molecule has 2 atom stereocenters. The Labute approximate surface area is 261 Å². The van der Waals surface area contributed by atoms with Crippen molar-refractivity contribution >= 4 is 0 Å². The van der Waals surface area contributed by atoms with E-state index in [0.717, 1.165) is 32.3 Å². The largest absolute Gasteiger partial charge is 0.502 e. The van der Waals surface area contributed by atoms with E-state index in [0.29, 0.717) is 19.1 Å². The minimum Gasteiger partial charge on any atom is -0.502 e. The van der Waals surface area contributed by atoms with Crippen molar-refractivity contribution < 1.29 is 33.2 Å². The maximum absolute atomic E-state index is 6.03. The van der Waals surface area contributed by atoms with Crippen molar-refractivity contribution in [3.05, 3.63) is 12.3 Å². The summed E-state index contributed by atoms with van der Waals surface area (Å²) >= 11 is 0. The molecule has 0 aliphatic heterocycles. The van der Waals surface area contributed by atoms with Crippen LogP contribution in [0.3, 0.4) is 0 Å². The number of unbranched alkanes of at least 4 members (excludes halogenated alkanes) is 10. The van der Waals surface area contributed by atoms with Gasteiger partial charge in [0.25, 0.3) is 0 Å². The van der Waals surface area contributed by atoms with Gasteiger partial charge in [-0.25, -0.2) is 0 Å². The minimum absolute atomic E-state index is 0.205. The summed E-state index contributed by atoms with van der Waals surface area (Å²) in [4.78, 5) is 0. The highest BCUT2D eigenvalue weighted by Crippen LogP contribution is 2.32. The smallest absolute Gasteiger partial charge is 0.310 e. The molecule has 0 saturated carbocycles. The van der Waals surface area contributed by atoms with Gasteiger partial charge in [0.1, 0.15) is 6.10 Å². The van der Waals surface area contributed by atoms with Crippen molar-refractivity contribution in [2.24, 2.45) is 5.92 Å². The predicted octanol–water partition coefficient (Wildman–Crippen LogP) is 9.82. The molecule has 0 saturated heterocycles. The third kappa shape index (κ3) is 20.3. The SMILES string of the molecule is CC=COCCCC(CCCCCCCC)C(C)(OCC)OCC.CCCCCCCCC(OC)C(OC)(OC)OC. The Kier molecular flexibility index (Phi) is 31.4. The van der Waals surface area contributed by atoms with E-state index in [-0.39, 0.29) is 6.10 Å². The summed E-state index contributed by atoms with van der Waals surface area (Å²) in [5, 5.41) is 0. The van der Waals surface area contributed by atoms with E-state index in [1.54, 1.807) is 34.7 Å². The van der Waals surface area contributed by atoms with Crippen LogP contribution in [-0.2, 0) is 33.2 Å². The molecule has 0 rings (SSSR count). The van der Waals surface area contributed by atoms with Crippen LogP contribution in [0.25, 0.3) is 0 Å². The van der Waals surface area contributed by atoms with Crippen LogP contribution in [0, 0.1) is 5.92 Å². The number of hydrogen-bond acceptors (Lipinski definition) is 7. The van der Waals surface area contributed by atoms with Gasteiger partial charge in [-0.15, -0.1) is 0 Å². The zero-order chi connectivity index (χ0) is 32.0. The van der Waals surface area contributed by atoms with Gasteiger partial charge in [0.05, 0.1) is 12.9 Å². The number of allylic oxidation sites excluding steroid dienone is 1. The second-order valence-corrected chi connectivity index (χ2v) is 11.1. The molecule has 42 heavy (non-hydrogen) atoms. The molecule has 2 unspecified atom stereocenters. The molecule has 7 heteroatoms. The molecule has 0 radical (unpaired) electrons. The van der Waals surface area contributed by atoms with Crippen molar-refractivity contribution in [1.82, 2.24) is 0 Å². The number of ether oxygens (including phenoxy) is 7. The van der Waals surface area contributed by atoms with Crippen LogP contribution in [0.2, 0.25) is 0 Å². The molecule has 0 N–H and O–H groups in total. The molecule has 0 aromatic heterocycles. The van der Waals surface area contributed by atoms with E-state index in [1.807, 2.05) is 26.8 Å². The molecule has 0 spiro atoms. The topological polar surface area (TPSA) is 64.6 Å². The fraction of sp³-hybridized carbons (Fsp3) is 0.943. The Morgan fingerprint density at radius 3 is 1.48 bits per heavy atom. The van der Waals surface area contributed by atoms with Gasteiger partial charge in [0.2, 0.25) is 0 Å². The van der Waals surface area contributed by atoms with E-state index < -0.39 is 11.8 Å². The quantitative estimate of drug-likeness (QED) is 0.0478. The lowest BCUT2D eigenvalue weighted by Crippen LogP contribution is -2.48. The molecule has 254 valence electrons. The minimum atomic E-state index is -1.09. The second kappa shape index (κ2) is 30.3. The van der Waals surface area contributed by atoms with Crippen LogP contribution in [0.5, 0.6) is 0 Å². The lowest BCUT2D eigenvalue weighted by atomic mass is 9.88. The summed E-state index contributed by atoms with van der Waals surface area (Å²) in [6, 6.07) is 0. The first-order valence-electron chi connectivity index (χ1n) is 17.0. The molecule has 0 aromatic carbocycles. The van der Waals surface area contributed by atoms with E-state index in [1.165, 1.54) is 77.0 Å². The van der Waals surface area contributed by atoms with E-state index >= 15 is 0 Å². The van der Waals surface area contributed by atoms with Crippen molar-refractivity contribution in [2.75, 3.05) is 48.3 Å². The van der Waals surface area contributed by atoms with Crippen molar-refractivity contribution in [2.45, 2.75) is 162 Å². The molecular weight excluding hydrogens is 532 g/mol. The Morgan fingerprint density at radius 1 is 0.595 bits per heavy atom. The highest BCUT2D eigenvalue weighted by atomic mass is 16.9. The van der Waals surface area contributed by atoms with E-state index in [2.05, 4.69) is 20.8 Å². The van der Waals surface area contributed by atoms with Gasteiger partial charge in [-0.2, -0.15) is 0 Å². The van der Waals surface area contributed by atoms with E-state index in [9.17, 15) is 0 Å². The normalized spacial score (nSPS) is 13.7. The Hall–Kier alpha value is -0.700. The summed E-state index contributed by atoms with van der Waals surface area (Å²) in [5.41, 5.74) is 0. The maximum atomic E-state index is 6.03. The molecule has 7 nitrogen and oxygen atoms in total. The van der Waals surface area contributed by atoms with Gasteiger partial charge in [0, 0.05) is 47.6 Å². The Balaban J connectivity index is 0. The van der Waals surface area contributed by atoms with Gasteiger partial charge in [-0.3, -0.25) is 0 Å². The highest BCUT2D eigenvalue weighted by molar-refractivity contribution is 4.77. The zero-order valence-electron chi connectivity index (χ0n) is 29.6. The number of methoxy groups -OCH3 is 4. The summed E-state index contributed by atoms with van der Waals surface area (Å²) in [7, 11) is 6.37. The second-order valence-electron chi connectivity index (χ2n) is 11.1. The summed E-state index contributed by atoms with van der Waals surface area (Å²) in [6.45, 7) is 14.8. The summed E-state index contributed by atoms with van der Waals surface area (Å²) < 4.78 is 38.9. The fourth-order valence-corrected chi connectivity index (χ4v) is 5.46. The van der Waals surface area contributed by atoms with E-state index in [4.69, 9.17) is 33.2 Å². The van der Waals surface area contributed by atoms with Gasteiger partial charge >= 0.3 is 5.97 Å². The third-order valence-corrected chi connectivity index (χ3v) is 7.91. The monoisotopic (exact) mass is 605 g/mol. The van der Waals surface area contributed by atoms with Gasteiger partial charge in [-0.05, 0) is 53.4 Å². The van der Waals surface area contributed by atoms with Crippen LogP contribution in [0.1, 0.15) is 144 Å². The first-order valence-corrected chi connectivity index (χ1v) is 17.0. The molecule has 0 aliphatic rings.